The zero-order valence-electron chi connectivity index (χ0n) is 10.7. The molecule has 0 saturated heterocycles. The fourth-order valence-corrected chi connectivity index (χ4v) is 3.24. The first-order chi connectivity index (χ1) is 9.40. The van der Waals surface area contributed by atoms with Crippen LogP contribution in [0.2, 0.25) is 5.02 Å². The molecule has 2 rings (SSSR count). The van der Waals surface area contributed by atoms with Crippen LogP contribution in [-0.4, -0.2) is 8.42 Å². The predicted octanol–water partition coefficient (Wildman–Crippen LogP) is 3.27. The van der Waals surface area contributed by atoms with Crippen molar-refractivity contribution < 1.29 is 12.8 Å². The van der Waals surface area contributed by atoms with Crippen LogP contribution in [0, 0.1) is 12.7 Å². The Bertz CT molecular complexity index is 732. The molecule has 0 aliphatic heterocycles. The highest BCUT2D eigenvalue weighted by molar-refractivity contribution is 7.89. The summed E-state index contributed by atoms with van der Waals surface area (Å²) in [5.74, 6) is -0.465. The molecule has 106 valence electrons. The molecule has 0 bridgehead atoms. The molecule has 0 aromatic heterocycles. The van der Waals surface area contributed by atoms with Crippen LogP contribution < -0.4 is 4.72 Å². The van der Waals surface area contributed by atoms with Crippen molar-refractivity contribution >= 4 is 21.6 Å². The summed E-state index contributed by atoms with van der Waals surface area (Å²) in [5.41, 5.74) is 1.04. The number of sulfonamides is 1. The molecular weight excluding hydrogens is 301 g/mol. The van der Waals surface area contributed by atoms with Crippen LogP contribution in [0.1, 0.15) is 11.1 Å². The van der Waals surface area contributed by atoms with Crippen LogP contribution >= 0.6 is 11.6 Å². The molecule has 0 heterocycles. The lowest BCUT2D eigenvalue weighted by Crippen LogP contribution is -2.24. The molecule has 3 nitrogen and oxygen atoms in total. The third kappa shape index (κ3) is 3.36. The number of halogens is 2. The minimum absolute atomic E-state index is 0.0611. The highest BCUT2D eigenvalue weighted by Crippen LogP contribution is 2.18. The minimum Gasteiger partial charge on any atom is -0.207 e. The van der Waals surface area contributed by atoms with Crippen LogP contribution in [0.4, 0.5) is 4.39 Å². The van der Waals surface area contributed by atoms with Crippen molar-refractivity contribution in [1.82, 2.24) is 4.72 Å². The summed E-state index contributed by atoms with van der Waals surface area (Å²) in [5, 5.41) is 0.492. The van der Waals surface area contributed by atoms with Crippen molar-refractivity contribution in [3.05, 3.63) is 64.4 Å². The maximum Gasteiger partial charge on any atom is 0.241 e. The fourth-order valence-electron chi connectivity index (χ4n) is 1.81. The van der Waals surface area contributed by atoms with Gasteiger partial charge in [0.05, 0.1) is 4.90 Å². The summed E-state index contributed by atoms with van der Waals surface area (Å²) in [6, 6.07) is 10.5. The Balaban J connectivity index is 2.22. The van der Waals surface area contributed by atoms with E-state index in [2.05, 4.69) is 4.72 Å². The predicted molar refractivity (Wildman–Crippen MR) is 76.6 cm³/mol. The Morgan fingerprint density at radius 3 is 2.55 bits per heavy atom. The molecule has 0 atom stereocenters. The minimum atomic E-state index is -3.70. The molecular formula is C14H13ClFNO2S. The summed E-state index contributed by atoms with van der Waals surface area (Å²) in [7, 11) is -3.70. The summed E-state index contributed by atoms with van der Waals surface area (Å²) in [6.07, 6.45) is 0. The van der Waals surface area contributed by atoms with Crippen molar-refractivity contribution in [2.45, 2.75) is 18.4 Å². The Hall–Kier alpha value is -1.43. The van der Waals surface area contributed by atoms with E-state index in [1.165, 1.54) is 12.1 Å². The molecule has 0 spiro atoms. The maximum absolute atomic E-state index is 13.0. The van der Waals surface area contributed by atoms with Crippen molar-refractivity contribution in [3.8, 4) is 0 Å². The Kier molecular flexibility index (Phi) is 4.42. The smallest absolute Gasteiger partial charge is 0.207 e. The summed E-state index contributed by atoms with van der Waals surface area (Å²) >= 11 is 5.97. The fraction of sp³-hybridized carbons (Fsp3) is 0.143. The summed E-state index contributed by atoms with van der Waals surface area (Å²) in [4.78, 5) is 0.0611. The summed E-state index contributed by atoms with van der Waals surface area (Å²) < 4.78 is 39.8. The van der Waals surface area contributed by atoms with Crippen LogP contribution in [0.15, 0.2) is 47.4 Å². The van der Waals surface area contributed by atoms with Gasteiger partial charge in [0.2, 0.25) is 10.0 Å². The Morgan fingerprint density at radius 1 is 1.20 bits per heavy atom. The van der Waals surface area contributed by atoms with Gasteiger partial charge in [-0.3, -0.25) is 0 Å². The molecule has 0 fully saturated rings. The zero-order valence-corrected chi connectivity index (χ0v) is 12.3. The van der Waals surface area contributed by atoms with Gasteiger partial charge in [0.1, 0.15) is 5.82 Å². The van der Waals surface area contributed by atoms with Gasteiger partial charge in [-0.05, 0) is 42.3 Å². The first kappa shape index (κ1) is 15.0. The highest BCUT2D eigenvalue weighted by Gasteiger charge is 2.17. The number of aryl methyl sites for hydroxylation is 1. The van der Waals surface area contributed by atoms with Crippen LogP contribution in [0.25, 0.3) is 0 Å². The van der Waals surface area contributed by atoms with E-state index in [1.807, 2.05) is 0 Å². The third-order valence-electron chi connectivity index (χ3n) is 2.84. The molecule has 20 heavy (non-hydrogen) atoms. The van der Waals surface area contributed by atoms with E-state index < -0.39 is 15.8 Å². The number of rotatable bonds is 4. The first-order valence-corrected chi connectivity index (χ1v) is 7.75. The topological polar surface area (TPSA) is 46.2 Å². The molecule has 1 N–H and O–H groups in total. The highest BCUT2D eigenvalue weighted by atomic mass is 35.5. The quantitative estimate of drug-likeness (QED) is 0.941. The molecule has 2 aromatic rings. The Morgan fingerprint density at radius 2 is 1.90 bits per heavy atom. The van der Waals surface area contributed by atoms with E-state index in [0.717, 1.165) is 6.07 Å². The van der Waals surface area contributed by atoms with Crippen LogP contribution in [-0.2, 0) is 16.6 Å². The number of nitrogens with one attached hydrogen (secondary N) is 1. The van der Waals surface area contributed by atoms with Gasteiger partial charge < -0.3 is 0 Å². The molecule has 0 aliphatic carbocycles. The van der Waals surface area contributed by atoms with E-state index >= 15 is 0 Å². The molecule has 0 unspecified atom stereocenters. The second-order valence-electron chi connectivity index (χ2n) is 4.33. The van der Waals surface area contributed by atoms with Gasteiger partial charge in [-0.25, -0.2) is 17.5 Å². The normalized spacial score (nSPS) is 11.6. The number of hydrogen-bond donors (Lipinski definition) is 1. The summed E-state index contributed by atoms with van der Waals surface area (Å²) in [6.45, 7) is 1.63. The molecule has 6 heteroatoms. The third-order valence-corrected chi connectivity index (χ3v) is 4.77. The molecule has 2 aromatic carbocycles. The second kappa shape index (κ2) is 5.91. The standard InChI is InChI=1S/C14H13ClFNO2S/c1-10-8-12(16)6-7-14(10)20(18,19)17-9-11-4-2-3-5-13(11)15/h2-8,17H,9H2,1H3. The zero-order chi connectivity index (χ0) is 14.8. The lowest BCUT2D eigenvalue weighted by molar-refractivity contribution is 0.579. The van der Waals surface area contributed by atoms with Crippen LogP contribution in [0.5, 0.6) is 0 Å². The molecule has 0 amide bonds. The average molecular weight is 314 g/mol. The van der Waals surface area contributed by atoms with Gasteiger partial charge in [-0.15, -0.1) is 0 Å². The van der Waals surface area contributed by atoms with E-state index in [9.17, 15) is 12.8 Å². The number of hydrogen-bond acceptors (Lipinski definition) is 2. The van der Waals surface area contributed by atoms with Gasteiger partial charge in [-0.2, -0.15) is 0 Å². The Labute approximate surface area is 122 Å². The lowest BCUT2D eigenvalue weighted by Gasteiger charge is -2.10. The van der Waals surface area contributed by atoms with Crippen LogP contribution in [0.3, 0.4) is 0 Å². The molecule has 0 aliphatic rings. The second-order valence-corrected chi connectivity index (χ2v) is 6.47. The van der Waals surface area contributed by atoms with Crippen molar-refractivity contribution in [1.29, 1.82) is 0 Å². The largest absolute Gasteiger partial charge is 0.241 e. The monoisotopic (exact) mass is 313 g/mol. The lowest BCUT2D eigenvalue weighted by atomic mass is 10.2. The van der Waals surface area contributed by atoms with Crippen molar-refractivity contribution in [2.75, 3.05) is 0 Å². The van der Waals surface area contributed by atoms with Gasteiger partial charge >= 0.3 is 0 Å². The molecule has 0 saturated carbocycles. The maximum atomic E-state index is 13.0. The average Bonchev–Trinajstić information content (AvgIpc) is 2.37. The SMILES string of the molecule is Cc1cc(F)ccc1S(=O)(=O)NCc1ccccc1Cl. The van der Waals surface area contributed by atoms with Gasteiger partial charge in [0, 0.05) is 11.6 Å². The van der Waals surface area contributed by atoms with Gasteiger partial charge in [-0.1, -0.05) is 29.8 Å². The van der Waals surface area contributed by atoms with E-state index in [-0.39, 0.29) is 11.4 Å². The van der Waals surface area contributed by atoms with Crippen molar-refractivity contribution in [2.24, 2.45) is 0 Å². The van der Waals surface area contributed by atoms with Gasteiger partial charge in [0.15, 0.2) is 0 Å². The molecule has 0 radical (unpaired) electrons. The van der Waals surface area contributed by atoms with Crippen molar-refractivity contribution in [3.63, 3.8) is 0 Å². The van der Waals surface area contributed by atoms with E-state index in [1.54, 1.807) is 31.2 Å². The number of benzene rings is 2. The van der Waals surface area contributed by atoms with Gasteiger partial charge in [0.25, 0.3) is 0 Å². The first-order valence-electron chi connectivity index (χ1n) is 5.89. The van der Waals surface area contributed by atoms with E-state index in [4.69, 9.17) is 11.6 Å². The van der Waals surface area contributed by atoms with E-state index in [0.29, 0.717) is 16.1 Å².